The van der Waals surface area contributed by atoms with Crippen LogP contribution in [-0.4, -0.2) is 17.8 Å². The number of nitrogens with one attached hydrogen (secondary N) is 1. The van der Waals surface area contributed by atoms with Gasteiger partial charge in [-0.25, -0.2) is 0 Å². The smallest absolute Gasteiger partial charge is 0.297 e. The van der Waals surface area contributed by atoms with Gasteiger partial charge >= 0.3 is 6.18 Å². The molecule has 0 aliphatic heterocycles. The molecule has 0 aromatic heterocycles. The lowest BCUT2D eigenvalue weighted by molar-refractivity contribution is -0.186. The Bertz CT molecular complexity index is 353. The van der Waals surface area contributed by atoms with Crippen LogP contribution in [0.2, 0.25) is 0 Å². The van der Waals surface area contributed by atoms with Crippen LogP contribution in [-0.2, 0) is 0 Å². The molecule has 1 N–H and O–H groups in total. The van der Waals surface area contributed by atoms with Gasteiger partial charge in [0.15, 0.2) is 0 Å². The van der Waals surface area contributed by atoms with Gasteiger partial charge in [-0.3, -0.25) is 5.32 Å². The topological polar surface area (TPSA) is 35.8 Å². The number of hydrogen-bond acceptors (Lipinski definition) is 2. The second kappa shape index (κ2) is 6.34. The minimum atomic E-state index is -4.17. The molecule has 0 aromatic rings. The second-order valence-corrected chi connectivity index (χ2v) is 6.36. The Labute approximate surface area is 118 Å². The standard InChI is InChI=1S/C15H23F3N2/c16-15(17,18)12-6-5-9-14(10-12,11-19)20-13-7-3-1-2-4-8-13/h12-13,20H,1-10H2. The first-order chi connectivity index (χ1) is 9.45. The highest BCUT2D eigenvalue weighted by molar-refractivity contribution is 5.11. The van der Waals surface area contributed by atoms with Gasteiger partial charge in [0, 0.05) is 6.04 Å². The van der Waals surface area contributed by atoms with Crippen molar-refractivity contribution in [3.05, 3.63) is 0 Å². The molecule has 0 radical (unpaired) electrons. The SMILES string of the molecule is N#CC1(NC2CCCCCC2)CCCC(C(F)(F)F)C1. The Morgan fingerprint density at radius 1 is 1.00 bits per heavy atom. The maximum absolute atomic E-state index is 12.9. The highest BCUT2D eigenvalue weighted by Gasteiger charge is 2.48. The summed E-state index contributed by atoms with van der Waals surface area (Å²) in [5.41, 5.74) is -0.965. The van der Waals surface area contributed by atoms with Gasteiger partial charge in [-0.1, -0.05) is 25.7 Å². The molecule has 0 amide bonds. The van der Waals surface area contributed by atoms with Crippen LogP contribution in [0.5, 0.6) is 0 Å². The number of nitriles is 1. The average Bonchev–Trinajstić information content (AvgIpc) is 2.66. The van der Waals surface area contributed by atoms with Crippen LogP contribution in [0.25, 0.3) is 0 Å². The summed E-state index contributed by atoms with van der Waals surface area (Å²) in [5.74, 6) is -1.32. The summed E-state index contributed by atoms with van der Waals surface area (Å²) in [6, 6.07) is 2.39. The van der Waals surface area contributed by atoms with E-state index in [1.807, 2.05) is 0 Å². The molecule has 0 saturated heterocycles. The molecule has 5 heteroatoms. The van der Waals surface area contributed by atoms with Crippen LogP contribution in [0.15, 0.2) is 0 Å². The Morgan fingerprint density at radius 3 is 2.20 bits per heavy atom. The van der Waals surface area contributed by atoms with Gasteiger partial charge < -0.3 is 0 Å². The molecule has 20 heavy (non-hydrogen) atoms. The first-order valence-corrected chi connectivity index (χ1v) is 7.71. The number of halogens is 3. The summed E-state index contributed by atoms with van der Waals surface area (Å²) >= 11 is 0. The van der Waals surface area contributed by atoms with Gasteiger partial charge in [-0.2, -0.15) is 18.4 Å². The van der Waals surface area contributed by atoms with E-state index in [4.69, 9.17) is 0 Å². The van der Waals surface area contributed by atoms with E-state index in [0.29, 0.717) is 12.8 Å². The highest BCUT2D eigenvalue weighted by Crippen LogP contribution is 2.42. The predicted molar refractivity (Wildman–Crippen MR) is 71.0 cm³/mol. The minimum absolute atomic E-state index is 0.0799. The quantitative estimate of drug-likeness (QED) is 0.768. The van der Waals surface area contributed by atoms with Gasteiger partial charge in [-0.15, -0.1) is 0 Å². The third kappa shape index (κ3) is 3.88. The summed E-state index contributed by atoms with van der Waals surface area (Å²) in [7, 11) is 0. The van der Waals surface area contributed by atoms with Crippen molar-refractivity contribution in [2.24, 2.45) is 5.92 Å². The number of nitrogens with zero attached hydrogens (tertiary/aromatic N) is 1. The zero-order valence-corrected chi connectivity index (χ0v) is 11.8. The van der Waals surface area contributed by atoms with Crippen molar-refractivity contribution >= 4 is 0 Å². The lowest BCUT2D eigenvalue weighted by Crippen LogP contribution is -2.53. The fraction of sp³-hybridized carbons (Fsp3) is 0.933. The minimum Gasteiger partial charge on any atom is -0.297 e. The van der Waals surface area contributed by atoms with E-state index in [1.54, 1.807) is 0 Å². The molecule has 2 saturated carbocycles. The molecule has 0 bridgehead atoms. The Hall–Kier alpha value is -0.760. The second-order valence-electron chi connectivity index (χ2n) is 6.36. The molecule has 0 heterocycles. The van der Waals surface area contributed by atoms with Gasteiger partial charge in [0.05, 0.1) is 12.0 Å². The van der Waals surface area contributed by atoms with E-state index in [0.717, 1.165) is 25.7 Å². The summed E-state index contributed by atoms with van der Waals surface area (Å²) < 4.78 is 38.8. The van der Waals surface area contributed by atoms with E-state index in [-0.39, 0.29) is 18.9 Å². The van der Waals surface area contributed by atoms with Gasteiger partial charge in [-0.05, 0) is 38.5 Å². The molecule has 2 unspecified atom stereocenters. The summed E-state index contributed by atoms with van der Waals surface area (Å²) in [6.45, 7) is 0. The van der Waals surface area contributed by atoms with Crippen LogP contribution < -0.4 is 5.32 Å². The van der Waals surface area contributed by atoms with Crippen molar-refractivity contribution in [2.75, 3.05) is 0 Å². The van der Waals surface area contributed by atoms with Gasteiger partial charge in [0.1, 0.15) is 5.54 Å². The van der Waals surface area contributed by atoms with Gasteiger partial charge in [0.2, 0.25) is 0 Å². The van der Waals surface area contributed by atoms with Crippen LogP contribution in [0.4, 0.5) is 13.2 Å². The molecule has 2 rings (SSSR count). The fourth-order valence-electron chi connectivity index (χ4n) is 3.63. The molecule has 114 valence electrons. The van der Waals surface area contributed by atoms with Crippen LogP contribution in [0.1, 0.15) is 64.2 Å². The van der Waals surface area contributed by atoms with Crippen molar-refractivity contribution in [3.8, 4) is 6.07 Å². The Morgan fingerprint density at radius 2 is 1.65 bits per heavy atom. The lowest BCUT2D eigenvalue weighted by Gasteiger charge is -2.39. The van der Waals surface area contributed by atoms with E-state index in [1.165, 1.54) is 12.8 Å². The number of rotatable bonds is 2. The first kappa shape index (κ1) is 15.6. The third-order valence-corrected chi connectivity index (χ3v) is 4.76. The summed E-state index contributed by atoms with van der Waals surface area (Å²) in [4.78, 5) is 0. The molecule has 0 spiro atoms. The molecule has 2 aliphatic carbocycles. The van der Waals surface area contributed by atoms with Crippen molar-refractivity contribution in [1.82, 2.24) is 5.32 Å². The van der Waals surface area contributed by atoms with Crippen molar-refractivity contribution in [1.29, 1.82) is 5.26 Å². The summed E-state index contributed by atoms with van der Waals surface area (Å²) in [5, 5.41) is 12.7. The average molecular weight is 288 g/mol. The first-order valence-electron chi connectivity index (χ1n) is 7.71. The largest absolute Gasteiger partial charge is 0.391 e. The normalized spacial score (nSPS) is 33.4. The fourth-order valence-corrected chi connectivity index (χ4v) is 3.63. The summed E-state index contributed by atoms with van der Waals surface area (Å²) in [6.07, 6.45) is 3.54. The number of hydrogen-bond donors (Lipinski definition) is 1. The molecule has 2 nitrogen and oxygen atoms in total. The zero-order chi connectivity index (χ0) is 14.6. The van der Waals surface area contributed by atoms with Crippen molar-refractivity contribution in [2.45, 2.75) is 82.0 Å². The Balaban J connectivity index is 2.03. The Kier molecular flexibility index (Phi) is 4.95. The number of alkyl halides is 3. The molecular weight excluding hydrogens is 265 g/mol. The molecule has 0 aromatic carbocycles. The maximum Gasteiger partial charge on any atom is 0.391 e. The molecular formula is C15H23F3N2. The van der Waals surface area contributed by atoms with E-state index >= 15 is 0 Å². The van der Waals surface area contributed by atoms with E-state index in [2.05, 4.69) is 11.4 Å². The van der Waals surface area contributed by atoms with Gasteiger partial charge in [0.25, 0.3) is 0 Å². The predicted octanol–water partition coefficient (Wildman–Crippen LogP) is 4.31. The van der Waals surface area contributed by atoms with Crippen LogP contribution in [0, 0.1) is 17.2 Å². The molecule has 2 fully saturated rings. The maximum atomic E-state index is 12.9. The van der Waals surface area contributed by atoms with Crippen LogP contribution in [0.3, 0.4) is 0 Å². The highest BCUT2D eigenvalue weighted by atomic mass is 19.4. The zero-order valence-electron chi connectivity index (χ0n) is 11.8. The van der Waals surface area contributed by atoms with Crippen molar-refractivity contribution in [3.63, 3.8) is 0 Å². The third-order valence-electron chi connectivity index (χ3n) is 4.76. The van der Waals surface area contributed by atoms with E-state index in [9.17, 15) is 18.4 Å². The molecule has 2 atom stereocenters. The lowest BCUT2D eigenvalue weighted by atomic mass is 9.75. The van der Waals surface area contributed by atoms with E-state index < -0.39 is 17.6 Å². The van der Waals surface area contributed by atoms with Crippen LogP contribution >= 0.6 is 0 Å². The monoisotopic (exact) mass is 288 g/mol. The van der Waals surface area contributed by atoms with Crippen molar-refractivity contribution < 1.29 is 13.2 Å². The molecule has 2 aliphatic rings.